The number of phosphoric acid groups is 3. The van der Waals surface area contributed by atoms with Crippen molar-refractivity contribution >= 4 is 71.1 Å². The number of aryl methyl sites for hydroxylation is 1. The molecule has 3 saturated heterocycles. The number of hydrogen-bond donors (Lipinski definition) is 11. The second kappa shape index (κ2) is 22.8. The maximum absolute atomic E-state index is 14.4. The van der Waals surface area contributed by atoms with E-state index >= 15 is 0 Å². The summed E-state index contributed by atoms with van der Waals surface area (Å²) in [5, 5.41) is 33.2. The summed E-state index contributed by atoms with van der Waals surface area (Å²) >= 11 is 0. The van der Waals surface area contributed by atoms with E-state index in [1.807, 2.05) is 4.98 Å². The molecule has 430 valence electrons. The number of aromatic amines is 2. The largest absolute Gasteiger partial charge is 0.490 e. The van der Waals surface area contributed by atoms with Crippen LogP contribution in [-0.4, -0.2) is 178 Å². The number of nitrogens with zero attached hydrogens (tertiary/aromatic N) is 9. The van der Waals surface area contributed by atoms with Gasteiger partial charge in [0.1, 0.15) is 54.1 Å². The molecule has 5 aromatic rings. The Morgan fingerprint density at radius 1 is 0.833 bits per heavy atom. The number of ether oxygens (including phenoxy) is 4. The molecule has 3 aliphatic rings. The lowest BCUT2D eigenvalue weighted by Crippen LogP contribution is -2.47. The lowest BCUT2D eigenvalue weighted by molar-refractivity contribution is -0.745. The van der Waals surface area contributed by atoms with Crippen molar-refractivity contribution in [3.05, 3.63) is 62.4 Å². The van der Waals surface area contributed by atoms with Gasteiger partial charge in [0.25, 0.3) is 17.1 Å². The van der Waals surface area contributed by atoms with Crippen molar-refractivity contribution in [2.75, 3.05) is 51.5 Å². The average molecular weight is 1190 g/mol. The summed E-state index contributed by atoms with van der Waals surface area (Å²) in [5.41, 5.74) is 7.23. The first kappa shape index (κ1) is 59.1. The molecule has 13 N–H and O–H groups in total. The summed E-state index contributed by atoms with van der Waals surface area (Å²) in [6.07, 6.45) is -12.0. The third-order valence-corrected chi connectivity index (χ3v) is 18.9. The number of carbonyl (C=O) groups excluding carboxylic acids is 1. The fourth-order valence-electron chi connectivity index (χ4n) is 9.19. The number of fused-ring (bicyclic) bond motifs is 2. The lowest BCUT2D eigenvalue weighted by Gasteiger charge is -2.28. The highest BCUT2D eigenvalue weighted by molar-refractivity contribution is 7.66. The number of amides is 1. The minimum absolute atomic E-state index is 0.00556. The van der Waals surface area contributed by atoms with E-state index in [4.69, 9.17) is 44.0 Å². The molecule has 37 nitrogen and oxygen atoms in total. The van der Waals surface area contributed by atoms with E-state index in [2.05, 4.69) is 33.5 Å². The number of aliphatic hydroxyl groups is 3. The van der Waals surface area contributed by atoms with E-state index in [0.29, 0.717) is 0 Å². The zero-order valence-electron chi connectivity index (χ0n) is 41.1. The number of nitrogen functional groups attached to an aromatic ring is 2. The van der Waals surface area contributed by atoms with E-state index in [9.17, 15) is 72.3 Å². The highest BCUT2D eigenvalue weighted by Crippen LogP contribution is 2.68. The fraction of sp³-hybridized carbons (Fsp3) is 0.595. The van der Waals surface area contributed by atoms with Crippen LogP contribution >= 0.6 is 31.1 Å². The zero-order chi connectivity index (χ0) is 57.0. The maximum Gasteiger partial charge on any atom is 0.490 e. The van der Waals surface area contributed by atoms with Gasteiger partial charge in [0.15, 0.2) is 30.2 Å². The standard InChI is InChI=1S/C37H53N13O24P4/c1-5-21(52)47(6-2)9-16-17(70-33(24(16)53)50-15-46(3)23-31(50)44-36(39)45-32(23)56)10-68-76(60,61)73-78(64,65)74-77(62,63)69-12-19-28(27(66-4)35(72-19)49-14-42-22-29(38)40-13-41-30(22)49)75(58,59)67-11-18-25(54)26(55)34(71-18)48-8-7-20(51)43-37(48)57/h7-8,13-19,24-28,33-35,53-55H,5-6,9-12H2,1-4H3,(H9-,38,39,40,41,43,44,45,51,56,57,58,59,60,61,62,63,64,65)/p+1/t16-,17-,18-,19-,24-,25-,26-,27-,28-,33-,34-,35-/m1/s1. The van der Waals surface area contributed by atoms with Crippen LogP contribution in [0.15, 0.2) is 45.6 Å². The summed E-state index contributed by atoms with van der Waals surface area (Å²) in [6.45, 7) is -0.210. The average Bonchev–Trinajstić information content (AvgIpc) is 4.36. The maximum atomic E-state index is 14.4. The SMILES string of the molecule is CCC(=O)N(CC)C[C@H]1[C@@H](O)[C@H]([n+]2cn(C)c3c(=O)[nH]c(N)nc32)O[C@@H]1COP(=O)(O)OP(=O)(O)OP(=O)(O)OC[C@H]1O[C@@H](n2cnc3c(N)ncnc32)[C@H](OC)[C@@H]1P(=O)(O)OC[C@H]1O[C@@H](n2ccc(=O)[nH]c2=O)[C@H](O)[C@@H]1O. The zero-order valence-corrected chi connectivity index (χ0v) is 44.7. The Morgan fingerprint density at radius 2 is 1.49 bits per heavy atom. The predicted molar refractivity (Wildman–Crippen MR) is 257 cm³/mol. The number of anilines is 2. The van der Waals surface area contributed by atoms with Crippen molar-refractivity contribution in [2.24, 2.45) is 13.0 Å². The van der Waals surface area contributed by atoms with Crippen LogP contribution in [0.2, 0.25) is 0 Å². The number of rotatable bonds is 22. The Bertz CT molecular complexity index is 3430. The van der Waals surface area contributed by atoms with Crippen LogP contribution in [0.1, 0.15) is 39.0 Å². The second-order valence-electron chi connectivity index (χ2n) is 17.7. The van der Waals surface area contributed by atoms with Crippen molar-refractivity contribution in [3.63, 3.8) is 0 Å². The van der Waals surface area contributed by atoms with Gasteiger partial charge in [-0.3, -0.25) is 51.7 Å². The van der Waals surface area contributed by atoms with E-state index in [0.717, 1.165) is 36.6 Å². The number of H-pyrrole nitrogens is 2. The van der Waals surface area contributed by atoms with Crippen LogP contribution in [0, 0.1) is 5.92 Å². The van der Waals surface area contributed by atoms with Gasteiger partial charge in [-0.25, -0.2) is 38.0 Å². The molecular formula is C37H54N13O24P4+. The minimum Gasteiger partial charge on any atom is -0.387 e. The number of carbonyl (C=O) groups is 1. The van der Waals surface area contributed by atoms with Crippen molar-refractivity contribution in [2.45, 2.75) is 87.3 Å². The number of phosphoric ester groups is 2. The summed E-state index contributed by atoms with van der Waals surface area (Å²) in [5.74, 6) is -1.89. The van der Waals surface area contributed by atoms with Gasteiger partial charge < -0.3 is 74.7 Å². The number of aromatic nitrogens is 10. The van der Waals surface area contributed by atoms with Crippen molar-refractivity contribution in [1.82, 2.24) is 48.5 Å². The molecule has 0 aromatic carbocycles. The molecule has 3 aliphatic heterocycles. The number of nitrogens with one attached hydrogen (secondary N) is 2. The quantitative estimate of drug-likeness (QED) is 0.0239. The Hall–Kier alpha value is -5.07. The Kier molecular flexibility index (Phi) is 17.3. The van der Waals surface area contributed by atoms with Crippen LogP contribution < -0.4 is 32.8 Å². The second-order valence-corrected chi connectivity index (χ2v) is 24.3. The molecular weight excluding hydrogens is 1130 g/mol. The molecule has 78 heavy (non-hydrogen) atoms. The third-order valence-electron chi connectivity index (χ3n) is 12.8. The highest BCUT2D eigenvalue weighted by atomic mass is 31.3. The molecule has 8 rings (SSSR count). The first-order valence-electron chi connectivity index (χ1n) is 23.1. The van der Waals surface area contributed by atoms with Gasteiger partial charge in [0, 0.05) is 44.8 Å². The molecule has 1 amide bonds. The number of hydrogen-bond acceptors (Lipinski definition) is 26. The molecule has 41 heteroatoms. The van der Waals surface area contributed by atoms with Gasteiger partial charge in [0.05, 0.1) is 39.3 Å². The van der Waals surface area contributed by atoms with Crippen LogP contribution in [0.4, 0.5) is 11.8 Å². The molecule has 0 radical (unpaired) electrons. The first-order valence-corrected chi connectivity index (χ1v) is 29.2. The first-order chi connectivity index (χ1) is 36.6. The van der Waals surface area contributed by atoms with Gasteiger partial charge in [-0.15, -0.1) is 0 Å². The Morgan fingerprint density at radius 3 is 2.13 bits per heavy atom. The summed E-state index contributed by atoms with van der Waals surface area (Å²) in [6, 6.07) is 0.924. The normalized spacial score (nSPS) is 29.6. The number of aliphatic hydroxyl groups excluding tert-OH is 3. The molecule has 5 aromatic heterocycles. The Balaban J connectivity index is 0.975. The van der Waals surface area contributed by atoms with Crippen LogP contribution in [0.3, 0.4) is 0 Å². The monoisotopic (exact) mass is 1190 g/mol. The van der Waals surface area contributed by atoms with Crippen molar-refractivity contribution in [3.8, 4) is 0 Å². The van der Waals surface area contributed by atoms with Crippen LogP contribution in [0.25, 0.3) is 22.3 Å². The molecule has 16 atom stereocenters. The van der Waals surface area contributed by atoms with E-state index in [1.165, 1.54) is 32.0 Å². The fourth-order valence-corrected chi connectivity index (χ4v) is 14.5. The molecule has 0 bridgehead atoms. The van der Waals surface area contributed by atoms with Gasteiger partial charge in [-0.1, -0.05) is 11.9 Å². The highest BCUT2D eigenvalue weighted by Gasteiger charge is 2.58. The summed E-state index contributed by atoms with van der Waals surface area (Å²) < 4.78 is 106. The molecule has 4 unspecified atom stereocenters. The van der Waals surface area contributed by atoms with Crippen LogP contribution in [0.5, 0.6) is 0 Å². The molecule has 0 spiro atoms. The van der Waals surface area contributed by atoms with Crippen molar-refractivity contribution < 1.29 is 104 Å². The lowest BCUT2D eigenvalue weighted by atomic mass is 9.97. The summed E-state index contributed by atoms with van der Waals surface area (Å²) in [7, 11) is -20.9. The van der Waals surface area contributed by atoms with E-state index in [1.54, 1.807) is 13.8 Å². The van der Waals surface area contributed by atoms with Gasteiger partial charge in [-0.05, 0) is 6.92 Å². The predicted octanol–water partition coefficient (Wildman–Crippen LogP) is -3.29. The van der Waals surface area contributed by atoms with Crippen molar-refractivity contribution in [1.29, 1.82) is 0 Å². The smallest absolute Gasteiger partial charge is 0.387 e. The number of nitrogens with two attached hydrogens (primary N) is 2. The number of imidazole rings is 2. The van der Waals surface area contributed by atoms with Gasteiger partial charge in [-0.2, -0.15) is 8.62 Å². The Labute approximate surface area is 436 Å². The molecule has 3 fully saturated rings. The van der Waals surface area contributed by atoms with Gasteiger partial charge in [0.2, 0.25) is 17.7 Å². The minimum atomic E-state index is -6.25. The number of methoxy groups -OCH3 is 1. The third kappa shape index (κ3) is 12.2. The van der Waals surface area contributed by atoms with E-state index in [-0.39, 0.29) is 59.5 Å². The molecule has 8 heterocycles. The molecule has 0 aliphatic carbocycles. The van der Waals surface area contributed by atoms with E-state index < -0.39 is 141 Å². The summed E-state index contributed by atoms with van der Waals surface area (Å²) in [4.78, 5) is 115. The molecule has 0 saturated carbocycles. The van der Waals surface area contributed by atoms with Gasteiger partial charge >= 0.3 is 42.4 Å². The topological polar surface area (TPSA) is 518 Å². The van der Waals surface area contributed by atoms with Crippen LogP contribution in [-0.2, 0) is 71.2 Å².